The monoisotopic (exact) mass is 279 g/mol. The minimum Gasteiger partial charge on any atom is -0.454 e. The summed E-state index contributed by atoms with van der Waals surface area (Å²) in [5.41, 5.74) is 1.07. The van der Waals surface area contributed by atoms with Gasteiger partial charge in [0, 0.05) is 30.2 Å². The quantitative estimate of drug-likeness (QED) is 0.912. The SMILES string of the molecule is CC(C)NCc1ccc(Cl)cc1Oc1cnn(C)c1. The van der Waals surface area contributed by atoms with Gasteiger partial charge in [0.2, 0.25) is 0 Å². The zero-order valence-electron chi connectivity index (χ0n) is 11.4. The molecule has 0 aliphatic rings. The number of nitrogens with zero attached hydrogens (tertiary/aromatic N) is 2. The lowest BCUT2D eigenvalue weighted by atomic mass is 10.2. The average molecular weight is 280 g/mol. The first-order valence-corrected chi connectivity index (χ1v) is 6.60. The number of rotatable bonds is 5. The molecule has 0 saturated carbocycles. The first kappa shape index (κ1) is 13.9. The van der Waals surface area contributed by atoms with E-state index in [1.54, 1.807) is 10.9 Å². The maximum absolute atomic E-state index is 6.03. The molecular formula is C14H18ClN3O. The molecule has 0 radical (unpaired) electrons. The average Bonchev–Trinajstić information content (AvgIpc) is 2.73. The maximum Gasteiger partial charge on any atom is 0.165 e. The zero-order valence-corrected chi connectivity index (χ0v) is 12.1. The molecule has 0 spiro atoms. The molecule has 0 atom stereocenters. The normalized spacial score (nSPS) is 11.0. The largest absolute Gasteiger partial charge is 0.454 e. The Morgan fingerprint density at radius 2 is 2.21 bits per heavy atom. The van der Waals surface area contributed by atoms with Crippen molar-refractivity contribution in [3.63, 3.8) is 0 Å². The van der Waals surface area contributed by atoms with E-state index in [-0.39, 0.29) is 0 Å². The summed E-state index contributed by atoms with van der Waals surface area (Å²) < 4.78 is 7.54. The predicted molar refractivity (Wildman–Crippen MR) is 76.7 cm³/mol. The third-order valence-corrected chi connectivity index (χ3v) is 2.87. The first-order chi connectivity index (χ1) is 9.04. The molecule has 1 aromatic heterocycles. The molecule has 4 nitrogen and oxygen atoms in total. The van der Waals surface area contributed by atoms with Gasteiger partial charge in [-0.25, -0.2) is 0 Å². The number of halogens is 1. The van der Waals surface area contributed by atoms with E-state index in [1.807, 2.05) is 31.4 Å². The topological polar surface area (TPSA) is 39.1 Å². The van der Waals surface area contributed by atoms with E-state index in [0.29, 0.717) is 16.8 Å². The second-order valence-corrected chi connectivity index (χ2v) is 5.18. The minimum absolute atomic E-state index is 0.418. The summed E-state index contributed by atoms with van der Waals surface area (Å²) in [6, 6.07) is 6.09. The van der Waals surface area contributed by atoms with Crippen molar-refractivity contribution in [2.75, 3.05) is 0 Å². The summed E-state index contributed by atoms with van der Waals surface area (Å²) >= 11 is 6.03. The number of benzene rings is 1. The predicted octanol–water partition coefficient (Wildman–Crippen LogP) is 3.36. The van der Waals surface area contributed by atoms with Gasteiger partial charge in [0.15, 0.2) is 5.75 Å². The fourth-order valence-corrected chi connectivity index (χ4v) is 1.82. The van der Waals surface area contributed by atoms with E-state index in [0.717, 1.165) is 17.9 Å². The second kappa shape index (κ2) is 6.08. The summed E-state index contributed by atoms with van der Waals surface area (Å²) in [6.07, 6.45) is 3.50. The Balaban J connectivity index is 2.19. The van der Waals surface area contributed by atoms with Gasteiger partial charge in [0.05, 0.1) is 12.4 Å². The Hall–Kier alpha value is -1.52. The molecule has 1 aromatic carbocycles. The van der Waals surface area contributed by atoms with Gasteiger partial charge in [-0.15, -0.1) is 0 Å². The molecule has 0 unspecified atom stereocenters. The van der Waals surface area contributed by atoms with Crippen LogP contribution in [0.4, 0.5) is 0 Å². The number of ether oxygens (including phenoxy) is 1. The molecule has 0 saturated heterocycles. The lowest BCUT2D eigenvalue weighted by molar-refractivity contribution is 0.469. The number of aryl methyl sites for hydroxylation is 1. The van der Waals surface area contributed by atoms with Crippen LogP contribution in [0.25, 0.3) is 0 Å². The Kier molecular flexibility index (Phi) is 4.45. The van der Waals surface area contributed by atoms with Crippen LogP contribution in [0.2, 0.25) is 5.02 Å². The Morgan fingerprint density at radius 1 is 1.42 bits per heavy atom. The summed E-state index contributed by atoms with van der Waals surface area (Å²) in [6.45, 7) is 4.96. The number of aromatic nitrogens is 2. The van der Waals surface area contributed by atoms with E-state index in [1.165, 1.54) is 0 Å². The summed E-state index contributed by atoms with van der Waals surface area (Å²) in [5, 5.41) is 8.11. The van der Waals surface area contributed by atoms with Crippen molar-refractivity contribution in [3.8, 4) is 11.5 Å². The fourth-order valence-electron chi connectivity index (χ4n) is 1.66. The van der Waals surface area contributed by atoms with Crippen LogP contribution in [0.3, 0.4) is 0 Å². The van der Waals surface area contributed by atoms with E-state index >= 15 is 0 Å². The van der Waals surface area contributed by atoms with Crippen LogP contribution in [-0.2, 0) is 13.6 Å². The highest BCUT2D eigenvalue weighted by molar-refractivity contribution is 6.30. The van der Waals surface area contributed by atoms with Crippen LogP contribution < -0.4 is 10.1 Å². The third kappa shape index (κ3) is 3.98. The van der Waals surface area contributed by atoms with Crippen molar-refractivity contribution in [2.45, 2.75) is 26.4 Å². The molecule has 2 rings (SSSR count). The highest BCUT2D eigenvalue weighted by Crippen LogP contribution is 2.28. The van der Waals surface area contributed by atoms with Crippen molar-refractivity contribution in [1.29, 1.82) is 0 Å². The van der Waals surface area contributed by atoms with Crippen molar-refractivity contribution in [3.05, 3.63) is 41.2 Å². The molecule has 0 aliphatic carbocycles. The smallest absolute Gasteiger partial charge is 0.165 e. The van der Waals surface area contributed by atoms with Crippen molar-refractivity contribution in [1.82, 2.24) is 15.1 Å². The lowest BCUT2D eigenvalue weighted by Gasteiger charge is -2.13. The molecule has 1 N–H and O–H groups in total. The van der Waals surface area contributed by atoms with Crippen LogP contribution in [0.15, 0.2) is 30.6 Å². The second-order valence-electron chi connectivity index (χ2n) is 4.74. The molecule has 0 bridgehead atoms. The molecule has 0 amide bonds. The van der Waals surface area contributed by atoms with Crippen LogP contribution >= 0.6 is 11.6 Å². The highest BCUT2D eigenvalue weighted by Gasteiger charge is 2.08. The molecule has 19 heavy (non-hydrogen) atoms. The highest BCUT2D eigenvalue weighted by atomic mass is 35.5. The Morgan fingerprint density at radius 3 is 2.84 bits per heavy atom. The van der Waals surface area contributed by atoms with Gasteiger partial charge in [0.25, 0.3) is 0 Å². The van der Waals surface area contributed by atoms with E-state index in [4.69, 9.17) is 16.3 Å². The van der Waals surface area contributed by atoms with E-state index in [2.05, 4.69) is 24.3 Å². The van der Waals surface area contributed by atoms with Crippen molar-refractivity contribution in [2.24, 2.45) is 7.05 Å². The first-order valence-electron chi connectivity index (χ1n) is 6.23. The zero-order chi connectivity index (χ0) is 13.8. The maximum atomic E-state index is 6.03. The van der Waals surface area contributed by atoms with Crippen LogP contribution in [0, 0.1) is 0 Å². The van der Waals surface area contributed by atoms with Gasteiger partial charge >= 0.3 is 0 Å². The Bertz CT molecular complexity index is 551. The van der Waals surface area contributed by atoms with Crippen LogP contribution in [0.5, 0.6) is 11.5 Å². The number of hydrogen-bond acceptors (Lipinski definition) is 3. The standard InChI is InChI=1S/C14H18ClN3O/c1-10(2)16-7-11-4-5-12(15)6-14(11)19-13-8-17-18(3)9-13/h4-6,8-10,16H,7H2,1-3H3. The fraction of sp³-hybridized carbons (Fsp3) is 0.357. The molecule has 0 fully saturated rings. The lowest BCUT2D eigenvalue weighted by Crippen LogP contribution is -2.22. The van der Waals surface area contributed by atoms with E-state index in [9.17, 15) is 0 Å². The minimum atomic E-state index is 0.418. The van der Waals surface area contributed by atoms with Gasteiger partial charge in [-0.1, -0.05) is 31.5 Å². The molecule has 5 heteroatoms. The summed E-state index contributed by atoms with van der Waals surface area (Å²) in [7, 11) is 1.85. The van der Waals surface area contributed by atoms with E-state index < -0.39 is 0 Å². The van der Waals surface area contributed by atoms with Gasteiger partial charge in [-0.3, -0.25) is 4.68 Å². The summed E-state index contributed by atoms with van der Waals surface area (Å²) in [5.74, 6) is 1.46. The number of hydrogen-bond donors (Lipinski definition) is 1. The van der Waals surface area contributed by atoms with Gasteiger partial charge in [-0.2, -0.15) is 5.10 Å². The molecule has 1 heterocycles. The third-order valence-electron chi connectivity index (χ3n) is 2.64. The van der Waals surface area contributed by atoms with Gasteiger partial charge in [0.1, 0.15) is 5.75 Å². The van der Waals surface area contributed by atoms with Crippen molar-refractivity contribution < 1.29 is 4.74 Å². The molecule has 2 aromatic rings. The molecule has 102 valence electrons. The number of nitrogens with one attached hydrogen (secondary N) is 1. The molecular weight excluding hydrogens is 262 g/mol. The van der Waals surface area contributed by atoms with Gasteiger partial charge in [-0.05, 0) is 12.1 Å². The Labute approximate surface area is 118 Å². The van der Waals surface area contributed by atoms with Crippen molar-refractivity contribution >= 4 is 11.6 Å². The van der Waals surface area contributed by atoms with Gasteiger partial charge < -0.3 is 10.1 Å². The van der Waals surface area contributed by atoms with Crippen LogP contribution in [-0.4, -0.2) is 15.8 Å². The molecule has 0 aliphatic heterocycles. The summed E-state index contributed by atoms with van der Waals surface area (Å²) in [4.78, 5) is 0. The van der Waals surface area contributed by atoms with Crippen LogP contribution in [0.1, 0.15) is 19.4 Å².